The molecule has 4 aromatic rings. The van der Waals surface area contributed by atoms with E-state index in [9.17, 15) is 9.59 Å². The van der Waals surface area contributed by atoms with Crippen LogP contribution in [-0.2, 0) is 0 Å². The number of carbonyl (C=O) groups excluding carboxylic acids is 1. The Morgan fingerprint density at radius 3 is 2.66 bits per heavy atom. The molecule has 0 saturated heterocycles. The highest BCUT2D eigenvalue weighted by Gasteiger charge is 2.31. The van der Waals surface area contributed by atoms with E-state index in [0.29, 0.717) is 39.2 Å². The molecule has 8 heteroatoms. The number of nitrogens with zero attached hydrogens (tertiary/aromatic N) is 4. The van der Waals surface area contributed by atoms with Crippen LogP contribution in [0.3, 0.4) is 0 Å². The topological polar surface area (TPSA) is 101 Å². The molecule has 1 aliphatic rings. The minimum atomic E-state index is -0.376. The Morgan fingerprint density at radius 1 is 1.03 bits per heavy atom. The molecule has 2 aromatic carbocycles. The number of carbonyl (C=O) groups is 1. The van der Waals surface area contributed by atoms with Gasteiger partial charge in [0.1, 0.15) is 11.3 Å². The predicted molar refractivity (Wildman–Crippen MR) is 110 cm³/mol. The van der Waals surface area contributed by atoms with E-state index in [1.807, 2.05) is 12.1 Å². The maximum absolute atomic E-state index is 13.2. The first-order valence-electron chi connectivity index (χ1n) is 8.50. The lowest BCUT2D eigenvalue weighted by atomic mass is 10.1. The lowest BCUT2D eigenvalue weighted by molar-refractivity contribution is 0.103. The molecule has 1 aliphatic heterocycles. The number of halogens is 1. The second-order valence-electron chi connectivity index (χ2n) is 6.29. The Hall–Kier alpha value is -4.02. The number of para-hydroxylation sites is 1. The third-order valence-electron chi connectivity index (χ3n) is 4.64. The van der Waals surface area contributed by atoms with Crippen molar-refractivity contribution in [1.29, 1.82) is 5.26 Å². The molecule has 7 nitrogen and oxygen atoms in total. The number of ketones is 1. The van der Waals surface area contributed by atoms with E-state index >= 15 is 0 Å². The summed E-state index contributed by atoms with van der Waals surface area (Å²) in [7, 11) is 0. The molecule has 0 bridgehead atoms. The quantitative estimate of drug-likeness (QED) is 0.486. The van der Waals surface area contributed by atoms with Crippen LogP contribution >= 0.6 is 12.4 Å². The van der Waals surface area contributed by atoms with Gasteiger partial charge in [-0.15, -0.1) is 12.4 Å². The van der Waals surface area contributed by atoms with E-state index in [2.05, 4.69) is 15.3 Å². The summed E-state index contributed by atoms with van der Waals surface area (Å²) in [4.78, 5) is 34.7. The molecule has 29 heavy (non-hydrogen) atoms. The van der Waals surface area contributed by atoms with Crippen LogP contribution in [0.25, 0.3) is 16.6 Å². The number of fused-ring (bicyclic) bond motifs is 4. The fraction of sp³-hybridized carbons (Fsp3) is 0. The first-order chi connectivity index (χ1) is 13.7. The molecule has 0 aliphatic carbocycles. The number of rotatable bonds is 2. The minimum absolute atomic E-state index is 0. The average molecular weight is 402 g/mol. The molecule has 0 saturated carbocycles. The van der Waals surface area contributed by atoms with E-state index in [1.165, 1.54) is 10.6 Å². The standard InChI is InChI=1S/C21H11N5O2.ClH/c22-11-12-7-8-16-14(10-12)19(27)20-25-18-13(21(28)26(16)20)4-3-5-15(18)24-17-6-1-2-9-23-17;/h1-10H,(H,23,24);1H. The van der Waals surface area contributed by atoms with Gasteiger partial charge in [-0.1, -0.05) is 12.1 Å². The molecule has 3 heterocycles. The second-order valence-corrected chi connectivity index (χ2v) is 6.29. The Bertz CT molecular complexity index is 1390. The summed E-state index contributed by atoms with van der Waals surface area (Å²) in [6, 6.07) is 17.3. The van der Waals surface area contributed by atoms with Gasteiger partial charge in [0.2, 0.25) is 5.78 Å². The monoisotopic (exact) mass is 401 g/mol. The van der Waals surface area contributed by atoms with Gasteiger partial charge >= 0.3 is 0 Å². The largest absolute Gasteiger partial charge is 0.338 e. The smallest absolute Gasteiger partial charge is 0.266 e. The van der Waals surface area contributed by atoms with Crippen molar-refractivity contribution in [2.24, 2.45) is 0 Å². The van der Waals surface area contributed by atoms with Crippen LogP contribution in [0.15, 0.2) is 65.6 Å². The molecule has 0 atom stereocenters. The molecular weight excluding hydrogens is 390 g/mol. The van der Waals surface area contributed by atoms with E-state index in [4.69, 9.17) is 5.26 Å². The lowest BCUT2D eigenvalue weighted by Crippen LogP contribution is -2.21. The van der Waals surface area contributed by atoms with Crippen LogP contribution in [0.5, 0.6) is 0 Å². The first kappa shape index (κ1) is 18.3. The summed E-state index contributed by atoms with van der Waals surface area (Å²) in [5.74, 6) is 0.266. The predicted octanol–water partition coefficient (Wildman–Crippen LogP) is 3.36. The van der Waals surface area contributed by atoms with E-state index in [1.54, 1.807) is 48.7 Å². The number of anilines is 2. The van der Waals surface area contributed by atoms with Gasteiger partial charge in [0.25, 0.3) is 5.56 Å². The highest BCUT2D eigenvalue weighted by atomic mass is 35.5. The van der Waals surface area contributed by atoms with E-state index in [-0.39, 0.29) is 29.6 Å². The Labute approximate surface area is 170 Å². The van der Waals surface area contributed by atoms with Crippen LogP contribution in [0.4, 0.5) is 11.5 Å². The zero-order valence-electron chi connectivity index (χ0n) is 14.8. The van der Waals surface area contributed by atoms with Gasteiger partial charge in [0.15, 0.2) is 5.82 Å². The fourth-order valence-electron chi connectivity index (χ4n) is 3.36. The summed E-state index contributed by atoms with van der Waals surface area (Å²) < 4.78 is 1.31. The zero-order chi connectivity index (χ0) is 19.3. The van der Waals surface area contributed by atoms with Crippen molar-refractivity contribution in [3.8, 4) is 11.8 Å². The van der Waals surface area contributed by atoms with Crippen LogP contribution in [0.2, 0.25) is 0 Å². The number of benzene rings is 2. The molecule has 140 valence electrons. The van der Waals surface area contributed by atoms with Gasteiger partial charge in [-0.2, -0.15) is 5.26 Å². The number of aromatic nitrogens is 3. The molecule has 0 radical (unpaired) electrons. The lowest BCUT2D eigenvalue weighted by Gasteiger charge is -2.10. The number of hydrogen-bond donors (Lipinski definition) is 1. The van der Waals surface area contributed by atoms with Crippen molar-refractivity contribution in [2.45, 2.75) is 0 Å². The number of nitriles is 1. The van der Waals surface area contributed by atoms with Gasteiger partial charge in [-0.05, 0) is 42.5 Å². The van der Waals surface area contributed by atoms with Crippen LogP contribution in [-0.4, -0.2) is 20.3 Å². The summed E-state index contributed by atoms with van der Waals surface area (Å²) in [5, 5.41) is 12.6. The van der Waals surface area contributed by atoms with Crippen molar-refractivity contribution < 1.29 is 4.79 Å². The molecule has 0 spiro atoms. The maximum atomic E-state index is 13.2. The number of nitrogens with one attached hydrogen (secondary N) is 1. The number of hydrogen-bond acceptors (Lipinski definition) is 6. The normalized spacial score (nSPS) is 11.3. The zero-order valence-corrected chi connectivity index (χ0v) is 15.6. The maximum Gasteiger partial charge on any atom is 0.266 e. The van der Waals surface area contributed by atoms with Crippen LogP contribution in [0, 0.1) is 11.3 Å². The Morgan fingerprint density at radius 2 is 1.90 bits per heavy atom. The van der Waals surface area contributed by atoms with Crippen LogP contribution in [0.1, 0.15) is 21.7 Å². The molecule has 1 N–H and O–H groups in total. The van der Waals surface area contributed by atoms with Crippen molar-refractivity contribution in [2.75, 3.05) is 5.32 Å². The number of pyridine rings is 1. The van der Waals surface area contributed by atoms with E-state index in [0.717, 1.165) is 0 Å². The average Bonchev–Trinajstić information content (AvgIpc) is 3.01. The summed E-state index contributed by atoms with van der Waals surface area (Å²) in [5.41, 5.74) is 1.75. The third kappa shape index (κ3) is 2.74. The summed E-state index contributed by atoms with van der Waals surface area (Å²) >= 11 is 0. The fourth-order valence-corrected chi connectivity index (χ4v) is 3.36. The highest BCUT2D eigenvalue weighted by Crippen LogP contribution is 2.29. The minimum Gasteiger partial charge on any atom is -0.338 e. The van der Waals surface area contributed by atoms with Gasteiger partial charge in [-0.25, -0.2) is 9.97 Å². The van der Waals surface area contributed by atoms with Gasteiger partial charge in [-0.3, -0.25) is 14.2 Å². The van der Waals surface area contributed by atoms with E-state index < -0.39 is 0 Å². The first-order valence-corrected chi connectivity index (χ1v) is 8.50. The molecule has 0 amide bonds. The molecule has 0 unspecified atom stereocenters. The molecular formula is C21H12ClN5O2. The third-order valence-corrected chi connectivity index (χ3v) is 4.64. The Balaban J connectivity index is 0.00000205. The van der Waals surface area contributed by atoms with Crippen molar-refractivity contribution in [1.82, 2.24) is 14.5 Å². The van der Waals surface area contributed by atoms with Crippen molar-refractivity contribution in [3.63, 3.8) is 0 Å². The van der Waals surface area contributed by atoms with Gasteiger partial charge in [0, 0.05) is 6.20 Å². The Kier molecular flexibility index (Phi) is 4.34. The second kappa shape index (κ2) is 6.86. The van der Waals surface area contributed by atoms with Crippen molar-refractivity contribution in [3.05, 3.63) is 88.1 Å². The molecule has 2 aromatic heterocycles. The van der Waals surface area contributed by atoms with Gasteiger partial charge < -0.3 is 5.32 Å². The summed E-state index contributed by atoms with van der Waals surface area (Å²) in [6.45, 7) is 0. The highest BCUT2D eigenvalue weighted by molar-refractivity contribution is 6.14. The molecule has 0 fully saturated rings. The van der Waals surface area contributed by atoms with Crippen LogP contribution < -0.4 is 10.9 Å². The molecule has 5 rings (SSSR count). The SMILES string of the molecule is Cl.N#Cc1ccc2c(c1)C(=O)c1nc3c(Nc4ccccn4)cccc3c(=O)n1-2. The summed E-state index contributed by atoms with van der Waals surface area (Å²) in [6.07, 6.45) is 1.65. The van der Waals surface area contributed by atoms with Gasteiger partial charge in [0.05, 0.1) is 34.0 Å². The van der Waals surface area contributed by atoms with Crippen molar-refractivity contribution >= 4 is 40.6 Å².